The third-order valence-electron chi connectivity index (χ3n) is 2.44. The molecule has 1 atom stereocenters. The topological polar surface area (TPSA) is 97.2 Å². The summed E-state index contributed by atoms with van der Waals surface area (Å²) in [5.74, 6) is -0.915. The summed E-state index contributed by atoms with van der Waals surface area (Å²) in [6.45, 7) is 4.31. The normalized spacial score (nSPS) is 12.9. The highest BCUT2D eigenvalue weighted by molar-refractivity contribution is 7.99. The lowest BCUT2D eigenvalue weighted by molar-refractivity contribution is -0.133. The fraction of sp³-hybridized carbons (Fsp3) is 0.700. The number of nitrogens with zero attached hydrogens (tertiary/aromatic N) is 2. The van der Waals surface area contributed by atoms with E-state index in [0.717, 1.165) is 11.8 Å². The average Bonchev–Trinajstić information content (AvgIpc) is 2.64. The molecular formula is C10H17N3O4S. The number of ether oxygens (including phenoxy) is 1. The van der Waals surface area contributed by atoms with E-state index in [-0.39, 0.29) is 23.4 Å². The van der Waals surface area contributed by atoms with Gasteiger partial charge in [-0.05, 0) is 5.92 Å². The predicted octanol–water partition coefficient (Wildman–Crippen LogP) is 0.592. The Labute approximate surface area is 109 Å². The van der Waals surface area contributed by atoms with E-state index in [1.165, 1.54) is 4.57 Å². The van der Waals surface area contributed by atoms with Crippen molar-refractivity contribution in [3.8, 4) is 0 Å². The second kappa shape index (κ2) is 6.60. The second-order valence-electron chi connectivity index (χ2n) is 4.13. The molecule has 1 unspecified atom stereocenters. The van der Waals surface area contributed by atoms with E-state index in [9.17, 15) is 9.59 Å². The van der Waals surface area contributed by atoms with Crippen LogP contribution in [0.2, 0.25) is 0 Å². The van der Waals surface area contributed by atoms with Crippen LogP contribution in [-0.2, 0) is 9.53 Å². The van der Waals surface area contributed by atoms with Crippen molar-refractivity contribution in [3.63, 3.8) is 0 Å². The van der Waals surface area contributed by atoms with Crippen LogP contribution in [-0.4, -0.2) is 45.3 Å². The van der Waals surface area contributed by atoms with Crippen molar-refractivity contribution in [1.82, 2.24) is 14.8 Å². The van der Waals surface area contributed by atoms with Crippen LogP contribution in [0.3, 0.4) is 0 Å². The number of rotatable bonds is 7. The summed E-state index contributed by atoms with van der Waals surface area (Å²) < 4.78 is 6.56. The molecule has 0 saturated heterocycles. The Morgan fingerprint density at radius 1 is 1.61 bits per heavy atom. The highest BCUT2D eigenvalue weighted by atomic mass is 32.2. The van der Waals surface area contributed by atoms with E-state index in [4.69, 9.17) is 9.84 Å². The third-order valence-corrected chi connectivity index (χ3v) is 3.37. The highest BCUT2D eigenvalue weighted by Crippen LogP contribution is 2.22. The number of aromatic nitrogens is 3. The Hall–Kier alpha value is -1.28. The first kappa shape index (κ1) is 14.8. The number of aliphatic carboxylic acids is 1. The van der Waals surface area contributed by atoms with Crippen molar-refractivity contribution in [2.24, 2.45) is 5.92 Å². The van der Waals surface area contributed by atoms with Gasteiger partial charge >= 0.3 is 11.7 Å². The zero-order chi connectivity index (χ0) is 13.7. The van der Waals surface area contributed by atoms with Crippen LogP contribution in [0, 0.1) is 5.92 Å². The maximum atomic E-state index is 11.7. The van der Waals surface area contributed by atoms with Crippen LogP contribution >= 0.6 is 11.8 Å². The van der Waals surface area contributed by atoms with Crippen LogP contribution in [0.25, 0.3) is 0 Å². The molecule has 0 aliphatic carbocycles. The molecule has 8 heteroatoms. The molecular weight excluding hydrogens is 258 g/mol. The molecule has 0 aliphatic rings. The van der Waals surface area contributed by atoms with E-state index in [0.29, 0.717) is 11.8 Å². The lowest BCUT2D eigenvalue weighted by Gasteiger charge is -2.21. The lowest BCUT2D eigenvalue weighted by atomic mass is 10.1. The molecule has 0 aromatic carbocycles. The van der Waals surface area contributed by atoms with Crippen molar-refractivity contribution in [2.45, 2.75) is 25.0 Å². The first-order chi connectivity index (χ1) is 8.47. The smallest absolute Gasteiger partial charge is 0.344 e. The van der Waals surface area contributed by atoms with E-state index in [2.05, 4.69) is 10.2 Å². The number of nitrogens with one attached hydrogen (secondary N) is 1. The largest absolute Gasteiger partial charge is 0.481 e. The van der Waals surface area contributed by atoms with Gasteiger partial charge in [-0.2, -0.15) is 0 Å². The van der Waals surface area contributed by atoms with Gasteiger partial charge in [0.05, 0.1) is 18.4 Å². The molecule has 0 aliphatic heterocycles. The Bertz CT molecular complexity index is 454. The summed E-state index contributed by atoms with van der Waals surface area (Å²) in [5, 5.41) is 15.2. The SMILES string of the molecule is COCC(C(C)C)n1c(SCC(=O)O)n[nH]c1=O. The molecule has 1 heterocycles. The van der Waals surface area contributed by atoms with Crippen molar-refractivity contribution >= 4 is 17.7 Å². The summed E-state index contributed by atoms with van der Waals surface area (Å²) in [7, 11) is 1.56. The maximum Gasteiger partial charge on any atom is 0.344 e. The fourth-order valence-corrected chi connectivity index (χ4v) is 2.27. The molecule has 0 radical (unpaired) electrons. The molecule has 18 heavy (non-hydrogen) atoms. The van der Waals surface area contributed by atoms with Crippen LogP contribution in [0.1, 0.15) is 19.9 Å². The van der Waals surface area contributed by atoms with E-state index in [1.807, 2.05) is 13.8 Å². The quantitative estimate of drug-likeness (QED) is 0.707. The maximum absolute atomic E-state index is 11.7. The van der Waals surface area contributed by atoms with Gasteiger partial charge in [0.25, 0.3) is 0 Å². The third kappa shape index (κ3) is 3.61. The molecule has 0 fully saturated rings. The summed E-state index contributed by atoms with van der Waals surface area (Å²) in [4.78, 5) is 22.3. The number of carboxylic acid groups (broad SMARTS) is 1. The van der Waals surface area contributed by atoms with Crippen molar-refractivity contribution < 1.29 is 14.6 Å². The molecule has 2 N–H and O–H groups in total. The molecule has 1 rings (SSSR count). The van der Waals surface area contributed by atoms with Gasteiger partial charge in [-0.3, -0.25) is 9.36 Å². The number of hydrogen-bond acceptors (Lipinski definition) is 5. The average molecular weight is 275 g/mol. The Morgan fingerprint density at radius 2 is 2.28 bits per heavy atom. The number of H-pyrrole nitrogens is 1. The molecule has 102 valence electrons. The molecule has 0 bridgehead atoms. The van der Waals surface area contributed by atoms with Gasteiger partial charge in [0.15, 0.2) is 5.16 Å². The van der Waals surface area contributed by atoms with E-state index in [1.54, 1.807) is 7.11 Å². The van der Waals surface area contributed by atoms with Crippen molar-refractivity contribution in [2.75, 3.05) is 19.5 Å². The minimum Gasteiger partial charge on any atom is -0.481 e. The zero-order valence-corrected chi connectivity index (χ0v) is 11.4. The summed E-state index contributed by atoms with van der Waals surface area (Å²) >= 11 is 1.01. The van der Waals surface area contributed by atoms with Gasteiger partial charge < -0.3 is 9.84 Å². The van der Waals surface area contributed by atoms with Crippen LogP contribution in [0.4, 0.5) is 0 Å². The summed E-state index contributed by atoms with van der Waals surface area (Å²) in [6, 6.07) is -0.169. The van der Waals surface area contributed by atoms with Gasteiger partial charge in [0.2, 0.25) is 0 Å². The van der Waals surface area contributed by atoms with Gasteiger partial charge in [-0.25, -0.2) is 9.89 Å². The number of aromatic amines is 1. The number of hydrogen-bond donors (Lipinski definition) is 2. The van der Waals surface area contributed by atoms with Gasteiger partial charge in [0, 0.05) is 7.11 Å². The first-order valence-corrected chi connectivity index (χ1v) is 6.46. The standard InChI is InChI=1S/C10H17N3O4S/c1-6(2)7(4-17-3)13-9(16)11-12-10(13)18-5-8(14)15/h6-7H,4-5H2,1-3H3,(H,11,16)(H,14,15). The molecule has 0 amide bonds. The number of methoxy groups -OCH3 is 1. The molecule has 1 aromatic rings. The minimum absolute atomic E-state index is 0.137. The molecule has 7 nitrogen and oxygen atoms in total. The van der Waals surface area contributed by atoms with Crippen LogP contribution < -0.4 is 5.69 Å². The van der Waals surface area contributed by atoms with Crippen LogP contribution in [0.15, 0.2) is 9.95 Å². The lowest BCUT2D eigenvalue weighted by Crippen LogP contribution is -2.29. The Kier molecular flexibility index (Phi) is 5.42. The van der Waals surface area contributed by atoms with Gasteiger partial charge in [-0.1, -0.05) is 25.6 Å². The van der Waals surface area contributed by atoms with E-state index < -0.39 is 5.97 Å². The number of thioether (sulfide) groups is 1. The Morgan fingerprint density at radius 3 is 2.78 bits per heavy atom. The van der Waals surface area contributed by atoms with Crippen molar-refractivity contribution in [3.05, 3.63) is 10.5 Å². The van der Waals surface area contributed by atoms with Crippen molar-refractivity contribution in [1.29, 1.82) is 0 Å². The molecule has 1 aromatic heterocycles. The van der Waals surface area contributed by atoms with E-state index >= 15 is 0 Å². The van der Waals surface area contributed by atoms with Crippen LogP contribution in [0.5, 0.6) is 0 Å². The monoisotopic (exact) mass is 275 g/mol. The highest BCUT2D eigenvalue weighted by Gasteiger charge is 2.22. The van der Waals surface area contributed by atoms with Gasteiger partial charge in [0.1, 0.15) is 0 Å². The molecule has 0 saturated carbocycles. The second-order valence-corrected chi connectivity index (χ2v) is 5.07. The minimum atomic E-state index is -0.949. The predicted molar refractivity (Wildman–Crippen MR) is 67.0 cm³/mol. The zero-order valence-electron chi connectivity index (χ0n) is 10.5. The summed E-state index contributed by atoms with van der Waals surface area (Å²) in [5.41, 5.74) is -0.348. The number of carbonyl (C=O) groups is 1. The molecule has 0 spiro atoms. The Balaban J connectivity index is 3.00. The fourth-order valence-electron chi connectivity index (χ4n) is 1.55. The first-order valence-electron chi connectivity index (χ1n) is 5.47. The van der Waals surface area contributed by atoms with Gasteiger partial charge in [-0.15, -0.1) is 5.10 Å². The number of carboxylic acids is 1. The summed E-state index contributed by atoms with van der Waals surface area (Å²) in [6.07, 6.45) is 0.